The second-order valence-corrected chi connectivity index (χ2v) is 3.77. The fourth-order valence-electron chi connectivity index (χ4n) is 1.65. The molecule has 2 rings (SSSR count). The third-order valence-electron chi connectivity index (χ3n) is 2.31. The van der Waals surface area contributed by atoms with E-state index in [1.165, 1.54) is 0 Å². The van der Waals surface area contributed by atoms with Crippen LogP contribution < -0.4 is 10.9 Å². The highest BCUT2D eigenvalue weighted by Crippen LogP contribution is 2.35. The Morgan fingerprint density at radius 3 is 2.88 bits per heavy atom. The number of aromatic nitrogens is 2. The second-order valence-electron chi connectivity index (χ2n) is 3.38. The van der Waals surface area contributed by atoms with E-state index in [-0.39, 0.29) is 24.1 Å². The van der Waals surface area contributed by atoms with Gasteiger partial charge in [0.25, 0.3) is 5.56 Å². The van der Waals surface area contributed by atoms with Gasteiger partial charge < -0.3 is 5.32 Å². The van der Waals surface area contributed by atoms with Gasteiger partial charge in [0.05, 0.1) is 0 Å². The Morgan fingerprint density at radius 1 is 1.56 bits per heavy atom. The number of hydrogen-bond acceptors (Lipinski definition) is 3. The molecule has 0 saturated heterocycles. The summed E-state index contributed by atoms with van der Waals surface area (Å²) in [5.74, 6) is -0.133. The van der Waals surface area contributed by atoms with Crippen molar-refractivity contribution >= 4 is 17.5 Å². The van der Waals surface area contributed by atoms with Crippen LogP contribution >= 0.6 is 11.6 Å². The maximum Gasteiger partial charge on any atom is 0.409 e. The first-order valence-electron chi connectivity index (χ1n) is 4.49. The minimum Gasteiger partial charge on any atom is -0.355 e. The van der Waals surface area contributed by atoms with Crippen LogP contribution in [0.25, 0.3) is 0 Å². The average Bonchev–Trinajstić information content (AvgIpc) is 2.14. The van der Waals surface area contributed by atoms with Crippen molar-refractivity contribution in [1.29, 1.82) is 0 Å². The molecule has 0 radical (unpaired) electrons. The molecule has 4 nitrogen and oxygen atoms in total. The van der Waals surface area contributed by atoms with Crippen molar-refractivity contribution in [2.24, 2.45) is 0 Å². The van der Waals surface area contributed by atoms with Gasteiger partial charge in [-0.05, 0) is 6.42 Å². The van der Waals surface area contributed by atoms with E-state index >= 15 is 0 Å². The largest absolute Gasteiger partial charge is 0.409 e. The monoisotopic (exact) mass is 253 g/mol. The van der Waals surface area contributed by atoms with E-state index in [2.05, 4.69) is 10.3 Å². The first kappa shape index (κ1) is 11.3. The van der Waals surface area contributed by atoms with Gasteiger partial charge in [-0.3, -0.25) is 9.36 Å². The molecule has 0 fully saturated rings. The van der Waals surface area contributed by atoms with Crippen molar-refractivity contribution in [2.45, 2.75) is 18.6 Å². The normalized spacial score (nSPS) is 20.1. The zero-order chi connectivity index (χ0) is 11.9. The highest BCUT2D eigenvalue weighted by Gasteiger charge is 2.43. The summed E-state index contributed by atoms with van der Waals surface area (Å²) in [6.45, 7) is 0.108. The second kappa shape index (κ2) is 3.65. The van der Waals surface area contributed by atoms with E-state index < -0.39 is 17.8 Å². The van der Waals surface area contributed by atoms with Crippen LogP contribution in [0.4, 0.5) is 19.1 Å². The maximum atomic E-state index is 12.7. The SMILES string of the molecule is O=c1cc(Cl)nc2n1C(C(F)(F)F)CCN2. The Balaban J connectivity index is 2.59. The highest BCUT2D eigenvalue weighted by atomic mass is 35.5. The molecular formula is C8H7ClF3N3O. The quantitative estimate of drug-likeness (QED) is 0.718. The topological polar surface area (TPSA) is 46.9 Å². The summed E-state index contributed by atoms with van der Waals surface area (Å²) in [6, 6.07) is -0.961. The molecule has 0 aliphatic carbocycles. The van der Waals surface area contributed by atoms with E-state index in [1.807, 2.05) is 0 Å². The van der Waals surface area contributed by atoms with Crippen LogP contribution in [0.5, 0.6) is 0 Å². The van der Waals surface area contributed by atoms with E-state index in [4.69, 9.17) is 11.6 Å². The molecule has 88 valence electrons. The van der Waals surface area contributed by atoms with Gasteiger partial charge in [0.2, 0.25) is 5.95 Å². The van der Waals surface area contributed by atoms with Gasteiger partial charge in [0.15, 0.2) is 0 Å². The number of rotatable bonds is 0. The van der Waals surface area contributed by atoms with Gasteiger partial charge in [-0.25, -0.2) is 4.98 Å². The Morgan fingerprint density at radius 2 is 2.25 bits per heavy atom. The van der Waals surface area contributed by atoms with Crippen molar-refractivity contribution in [2.75, 3.05) is 11.9 Å². The van der Waals surface area contributed by atoms with Gasteiger partial charge in [-0.1, -0.05) is 11.6 Å². The molecule has 0 bridgehead atoms. The Labute approximate surface area is 93.0 Å². The predicted molar refractivity (Wildman–Crippen MR) is 51.7 cm³/mol. The molecule has 0 amide bonds. The Hall–Kier alpha value is -1.24. The molecule has 1 aromatic rings. The van der Waals surface area contributed by atoms with Crippen LogP contribution in [0.2, 0.25) is 5.15 Å². The number of fused-ring (bicyclic) bond motifs is 1. The van der Waals surface area contributed by atoms with Crippen LogP contribution in [0.3, 0.4) is 0 Å². The lowest BCUT2D eigenvalue weighted by molar-refractivity contribution is -0.170. The fraction of sp³-hybridized carbons (Fsp3) is 0.500. The molecule has 0 saturated carbocycles. The minimum atomic E-state index is -4.46. The third-order valence-corrected chi connectivity index (χ3v) is 2.50. The summed E-state index contributed by atoms with van der Waals surface area (Å²) < 4.78 is 38.5. The fourth-order valence-corrected chi connectivity index (χ4v) is 1.82. The van der Waals surface area contributed by atoms with Gasteiger partial charge in [0.1, 0.15) is 11.2 Å². The molecule has 1 aromatic heterocycles. The number of nitrogens with zero attached hydrogens (tertiary/aromatic N) is 2. The zero-order valence-electron chi connectivity index (χ0n) is 7.88. The lowest BCUT2D eigenvalue weighted by atomic mass is 10.1. The summed E-state index contributed by atoms with van der Waals surface area (Å²) in [5, 5.41) is 2.49. The van der Waals surface area contributed by atoms with Gasteiger partial charge in [-0.2, -0.15) is 13.2 Å². The molecule has 1 atom stereocenters. The third kappa shape index (κ3) is 1.87. The first-order chi connectivity index (χ1) is 7.39. The summed E-state index contributed by atoms with van der Waals surface area (Å²) in [4.78, 5) is 15.1. The molecule has 1 aliphatic rings. The summed E-state index contributed by atoms with van der Waals surface area (Å²) in [5.41, 5.74) is -0.801. The average molecular weight is 254 g/mol. The van der Waals surface area contributed by atoms with Crippen LogP contribution in [0.15, 0.2) is 10.9 Å². The predicted octanol–water partition coefficient (Wildman–Crippen LogP) is 1.82. The smallest absolute Gasteiger partial charge is 0.355 e. The standard InChI is InChI=1S/C8H7ClF3N3O/c9-5-3-6(16)15-4(8(10,11)12)1-2-13-7(15)14-5/h3-4H,1-2H2,(H,13,14). The number of anilines is 1. The van der Waals surface area contributed by atoms with Crippen molar-refractivity contribution in [3.8, 4) is 0 Å². The minimum absolute atomic E-state index is 0.108. The molecule has 8 heteroatoms. The van der Waals surface area contributed by atoms with Gasteiger partial charge >= 0.3 is 6.18 Å². The molecule has 16 heavy (non-hydrogen) atoms. The maximum absolute atomic E-state index is 12.7. The van der Waals surface area contributed by atoms with Gasteiger partial charge in [0, 0.05) is 12.6 Å². The molecular weight excluding hydrogens is 247 g/mol. The summed E-state index contributed by atoms with van der Waals surface area (Å²) in [7, 11) is 0. The first-order valence-corrected chi connectivity index (χ1v) is 4.87. The van der Waals surface area contributed by atoms with E-state index in [9.17, 15) is 18.0 Å². The van der Waals surface area contributed by atoms with Gasteiger partial charge in [-0.15, -0.1) is 0 Å². The van der Waals surface area contributed by atoms with Crippen LogP contribution in [-0.4, -0.2) is 22.3 Å². The highest BCUT2D eigenvalue weighted by molar-refractivity contribution is 6.29. The zero-order valence-corrected chi connectivity index (χ0v) is 8.64. The van der Waals surface area contributed by atoms with Crippen molar-refractivity contribution in [3.63, 3.8) is 0 Å². The number of nitrogens with one attached hydrogen (secondary N) is 1. The van der Waals surface area contributed by atoms with Crippen molar-refractivity contribution in [1.82, 2.24) is 9.55 Å². The molecule has 0 aromatic carbocycles. The van der Waals surface area contributed by atoms with E-state index in [0.29, 0.717) is 4.57 Å². The Bertz CT molecular complexity index is 471. The Kier molecular flexibility index (Phi) is 2.57. The number of halogens is 4. The van der Waals surface area contributed by atoms with E-state index in [0.717, 1.165) is 6.07 Å². The van der Waals surface area contributed by atoms with Crippen LogP contribution in [-0.2, 0) is 0 Å². The lowest BCUT2D eigenvalue weighted by Crippen LogP contribution is -2.40. The molecule has 2 heterocycles. The number of hydrogen-bond donors (Lipinski definition) is 1. The van der Waals surface area contributed by atoms with Crippen LogP contribution in [0.1, 0.15) is 12.5 Å². The summed E-state index contributed by atoms with van der Waals surface area (Å²) in [6.07, 6.45) is -4.66. The lowest BCUT2D eigenvalue weighted by Gasteiger charge is -2.29. The summed E-state index contributed by atoms with van der Waals surface area (Å²) >= 11 is 5.50. The van der Waals surface area contributed by atoms with Crippen molar-refractivity contribution < 1.29 is 13.2 Å². The van der Waals surface area contributed by atoms with E-state index in [1.54, 1.807) is 0 Å². The molecule has 1 N–H and O–H groups in total. The van der Waals surface area contributed by atoms with Crippen molar-refractivity contribution in [3.05, 3.63) is 21.6 Å². The molecule has 1 unspecified atom stereocenters. The number of alkyl halides is 3. The molecule has 1 aliphatic heterocycles. The van der Waals surface area contributed by atoms with Crippen LogP contribution in [0, 0.1) is 0 Å². The molecule has 0 spiro atoms.